The first kappa shape index (κ1) is 13.0. The van der Waals surface area contributed by atoms with E-state index in [4.69, 9.17) is 0 Å². The average molecular weight is 195 g/mol. The van der Waals surface area contributed by atoms with Crippen molar-refractivity contribution in [1.82, 2.24) is 5.32 Å². The lowest BCUT2D eigenvalue weighted by Crippen LogP contribution is -2.23. The Labute approximate surface area is 87.5 Å². The van der Waals surface area contributed by atoms with Crippen molar-refractivity contribution in [2.45, 2.75) is 40.5 Å². The Morgan fingerprint density at radius 3 is 2.43 bits per heavy atom. The Hall–Kier alpha value is -0.970. The van der Waals surface area contributed by atoms with Gasteiger partial charge in [0.05, 0.1) is 6.54 Å². The summed E-state index contributed by atoms with van der Waals surface area (Å²) in [6.45, 7) is 8.79. The second-order valence-corrected chi connectivity index (χ2v) is 4.19. The molecule has 1 amide bonds. The van der Waals surface area contributed by atoms with Crippen molar-refractivity contribution in [3.8, 4) is 11.8 Å². The SMILES string of the molecule is CC(C)C#CCNC(=O)CCC(C)C. The Bertz CT molecular complexity index is 220. The van der Waals surface area contributed by atoms with Crippen molar-refractivity contribution in [3.05, 3.63) is 0 Å². The highest BCUT2D eigenvalue weighted by atomic mass is 16.1. The van der Waals surface area contributed by atoms with Crippen LogP contribution in [0.2, 0.25) is 0 Å². The fourth-order valence-electron chi connectivity index (χ4n) is 0.906. The van der Waals surface area contributed by atoms with Crippen LogP contribution in [-0.4, -0.2) is 12.5 Å². The zero-order valence-electron chi connectivity index (χ0n) is 9.68. The molecule has 0 aliphatic heterocycles. The molecule has 0 saturated heterocycles. The van der Waals surface area contributed by atoms with Gasteiger partial charge in [0.15, 0.2) is 0 Å². The topological polar surface area (TPSA) is 29.1 Å². The second kappa shape index (κ2) is 7.44. The predicted molar refractivity (Wildman–Crippen MR) is 59.7 cm³/mol. The molecule has 80 valence electrons. The highest BCUT2D eigenvalue weighted by Gasteiger charge is 2.00. The van der Waals surface area contributed by atoms with Crippen LogP contribution in [0.25, 0.3) is 0 Å². The van der Waals surface area contributed by atoms with Crippen LogP contribution in [0.1, 0.15) is 40.5 Å². The third-order valence-electron chi connectivity index (χ3n) is 1.71. The largest absolute Gasteiger partial charge is 0.345 e. The molecule has 0 aromatic heterocycles. The lowest BCUT2D eigenvalue weighted by atomic mass is 10.1. The fraction of sp³-hybridized carbons (Fsp3) is 0.750. The summed E-state index contributed by atoms with van der Waals surface area (Å²) in [4.78, 5) is 11.2. The van der Waals surface area contributed by atoms with E-state index in [2.05, 4.69) is 31.0 Å². The summed E-state index contributed by atoms with van der Waals surface area (Å²) in [6, 6.07) is 0. The van der Waals surface area contributed by atoms with Gasteiger partial charge < -0.3 is 5.32 Å². The number of rotatable bonds is 4. The van der Waals surface area contributed by atoms with Gasteiger partial charge in [0.25, 0.3) is 0 Å². The van der Waals surface area contributed by atoms with E-state index in [-0.39, 0.29) is 5.91 Å². The molecule has 0 aliphatic rings. The summed E-state index contributed by atoms with van der Waals surface area (Å²) in [7, 11) is 0. The third-order valence-corrected chi connectivity index (χ3v) is 1.71. The molecule has 2 heteroatoms. The molecule has 14 heavy (non-hydrogen) atoms. The van der Waals surface area contributed by atoms with E-state index in [1.54, 1.807) is 0 Å². The molecule has 1 N–H and O–H groups in total. The van der Waals surface area contributed by atoms with Crippen LogP contribution >= 0.6 is 0 Å². The van der Waals surface area contributed by atoms with E-state index >= 15 is 0 Å². The number of hydrogen-bond acceptors (Lipinski definition) is 1. The van der Waals surface area contributed by atoms with Crippen molar-refractivity contribution >= 4 is 5.91 Å². The van der Waals surface area contributed by atoms with Crippen molar-refractivity contribution < 1.29 is 4.79 Å². The van der Waals surface area contributed by atoms with Gasteiger partial charge in [0.1, 0.15) is 0 Å². The molecule has 0 aromatic rings. The Morgan fingerprint density at radius 1 is 1.29 bits per heavy atom. The molecule has 0 radical (unpaired) electrons. The van der Waals surface area contributed by atoms with E-state index in [1.807, 2.05) is 13.8 Å². The predicted octanol–water partition coefficient (Wildman–Crippen LogP) is 2.20. The lowest BCUT2D eigenvalue weighted by Gasteiger charge is -2.03. The quantitative estimate of drug-likeness (QED) is 0.685. The van der Waals surface area contributed by atoms with Crippen LogP contribution in [0.3, 0.4) is 0 Å². The first-order valence-corrected chi connectivity index (χ1v) is 5.27. The molecular weight excluding hydrogens is 174 g/mol. The maximum absolute atomic E-state index is 11.2. The number of hydrogen-bond donors (Lipinski definition) is 1. The van der Waals surface area contributed by atoms with Crippen LogP contribution in [0, 0.1) is 23.7 Å². The molecule has 0 rings (SSSR count). The van der Waals surface area contributed by atoms with Crippen LogP contribution in [0.5, 0.6) is 0 Å². The van der Waals surface area contributed by atoms with Crippen LogP contribution < -0.4 is 5.32 Å². The minimum atomic E-state index is 0.108. The number of amides is 1. The Kier molecular flexibility index (Phi) is 6.92. The van der Waals surface area contributed by atoms with Gasteiger partial charge >= 0.3 is 0 Å². The summed E-state index contributed by atoms with van der Waals surface area (Å²) in [5.41, 5.74) is 0. The first-order valence-electron chi connectivity index (χ1n) is 5.27. The van der Waals surface area contributed by atoms with Gasteiger partial charge in [-0.05, 0) is 12.3 Å². The van der Waals surface area contributed by atoms with Crippen molar-refractivity contribution in [3.63, 3.8) is 0 Å². The highest BCUT2D eigenvalue weighted by Crippen LogP contribution is 2.02. The molecule has 0 aliphatic carbocycles. The second-order valence-electron chi connectivity index (χ2n) is 4.19. The summed E-state index contributed by atoms with van der Waals surface area (Å²) in [5, 5.41) is 2.78. The van der Waals surface area contributed by atoms with Crippen LogP contribution in [-0.2, 0) is 4.79 Å². The smallest absolute Gasteiger partial charge is 0.220 e. The fourth-order valence-corrected chi connectivity index (χ4v) is 0.906. The van der Waals surface area contributed by atoms with Gasteiger partial charge in [-0.3, -0.25) is 4.79 Å². The Morgan fingerprint density at radius 2 is 1.93 bits per heavy atom. The van der Waals surface area contributed by atoms with Crippen molar-refractivity contribution in [2.24, 2.45) is 11.8 Å². The molecular formula is C12H21NO. The van der Waals surface area contributed by atoms with E-state index in [1.165, 1.54) is 0 Å². The van der Waals surface area contributed by atoms with E-state index in [0.29, 0.717) is 24.8 Å². The van der Waals surface area contributed by atoms with Crippen molar-refractivity contribution in [1.29, 1.82) is 0 Å². The molecule has 0 bridgehead atoms. The minimum absolute atomic E-state index is 0.108. The number of carbonyl (C=O) groups is 1. The monoisotopic (exact) mass is 195 g/mol. The molecule has 0 fully saturated rings. The zero-order chi connectivity index (χ0) is 11.0. The van der Waals surface area contributed by atoms with Gasteiger partial charge in [-0.25, -0.2) is 0 Å². The molecule has 0 unspecified atom stereocenters. The highest BCUT2D eigenvalue weighted by molar-refractivity contribution is 5.76. The lowest BCUT2D eigenvalue weighted by molar-refractivity contribution is -0.121. The van der Waals surface area contributed by atoms with Gasteiger partial charge in [0, 0.05) is 12.3 Å². The molecule has 0 heterocycles. The van der Waals surface area contributed by atoms with Gasteiger partial charge in [-0.15, -0.1) is 0 Å². The van der Waals surface area contributed by atoms with E-state index in [9.17, 15) is 4.79 Å². The molecule has 0 saturated carbocycles. The van der Waals surface area contributed by atoms with Gasteiger partial charge in [0.2, 0.25) is 5.91 Å². The maximum Gasteiger partial charge on any atom is 0.220 e. The first-order chi connectivity index (χ1) is 6.52. The van der Waals surface area contributed by atoms with Gasteiger partial charge in [-0.2, -0.15) is 0 Å². The summed E-state index contributed by atoms with van der Waals surface area (Å²) in [6.07, 6.45) is 1.56. The van der Waals surface area contributed by atoms with Crippen LogP contribution in [0.15, 0.2) is 0 Å². The van der Waals surface area contributed by atoms with E-state index < -0.39 is 0 Å². The summed E-state index contributed by atoms with van der Waals surface area (Å²) in [5.74, 6) is 6.99. The third kappa shape index (κ3) is 9.12. The zero-order valence-corrected chi connectivity index (χ0v) is 9.68. The minimum Gasteiger partial charge on any atom is -0.345 e. The molecule has 0 spiro atoms. The van der Waals surface area contributed by atoms with E-state index in [0.717, 1.165) is 6.42 Å². The molecule has 0 atom stereocenters. The van der Waals surface area contributed by atoms with Crippen LogP contribution in [0.4, 0.5) is 0 Å². The Balaban J connectivity index is 3.51. The van der Waals surface area contributed by atoms with Gasteiger partial charge in [-0.1, -0.05) is 39.5 Å². The maximum atomic E-state index is 11.2. The normalized spacial score (nSPS) is 9.86. The summed E-state index contributed by atoms with van der Waals surface area (Å²) < 4.78 is 0. The standard InChI is InChI=1S/C12H21NO/c1-10(2)6-5-9-13-12(14)8-7-11(3)4/h10-11H,7-9H2,1-4H3,(H,13,14). The number of carbonyl (C=O) groups excluding carboxylic acids is 1. The average Bonchev–Trinajstić information content (AvgIpc) is 2.08. The number of nitrogens with one attached hydrogen (secondary N) is 1. The summed E-state index contributed by atoms with van der Waals surface area (Å²) >= 11 is 0. The molecule has 0 aromatic carbocycles. The molecule has 2 nitrogen and oxygen atoms in total. The van der Waals surface area contributed by atoms with Crippen molar-refractivity contribution in [2.75, 3.05) is 6.54 Å².